The van der Waals surface area contributed by atoms with Crippen LogP contribution in [0.2, 0.25) is 0 Å². The molecule has 0 bridgehead atoms. The molecule has 22 heavy (non-hydrogen) atoms. The molecule has 114 valence electrons. The summed E-state index contributed by atoms with van der Waals surface area (Å²) in [5.41, 5.74) is 2.85. The highest BCUT2D eigenvalue weighted by Crippen LogP contribution is 2.22. The lowest BCUT2D eigenvalue weighted by Crippen LogP contribution is -2.05. The molecule has 0 radical (unpaired) electrons. The quantitative estimate of drug-likeness (QED) is 0.656. The SMILES string of the molecule is Cc1ccc(/C(=C/c2cccc(OC(C)C)c2)C(=O)O)cc1. The van der Waals surface area contributed by atoms with Gasteiger partial charge < -0.3 is 9.84 Å². The third-order valence-corrected chi connectivity index (χ3v) is 3.13. The lowest BCUT2D eigenvalue weighted by atomic mass is 10.0. The summed E-state index contributed by atoms with van der Waals surface area (Å²) in [6.07, 6.45) is 1.75. The lowest BCUT2D eigenvalue weighted by Gasteiger charge is -2.10. The van der Waals surface area contributed by atoms with Gasteiger partial charge in [0.2, 0.25) is 0 Å². The van der Waals surface area contributed by atoms with E-state index in [1.54, 1.807) is 6.08 Å². The Balaban J connectivity index is 2.38. The number of carboxylic acids is 1. The molecular formula is C19H20O3. The summed E-state index contributed by atoms with van der Waals surface area (Å²) < 4.78 is 5.64. The monoisotopic (exact) mass is 296 g/mol. The fraction of sp³-hybridized carbons (Fsp3) is 0.211. The van der Waals surface area contributed by atoms with E-state index in [9.17, 15) is 9.90 Å². The average molecular weight is 296 g/mol. The molecule has 2 aromatic carbocycles. The Morgan fingerprint density at radius 2 is 1.82 bits per heavy atom. The van der Waals surface area contributed by atoms with Crippen molar-refractivity contribution in [3.63, 3.8) is 0 Å². The van der Waals surface area contributed by atoms with Gasteiger partial charge in [-0.25, -0.2) is 4.79 Å². The molecule has 0 amide bonds. The molecule has 0 spiro atoms. The molecule has 2 rings (SSSR count). The van der Waals surface area contributed by atoms with Gasteiger partial charge in [0, 0.05) is 0 Å². The van der Waals surface area contributed by atoms with Crippen molar-refractivity contribution in [2.45, 2.75) is 26.9 Å². The predicted octanol–water partition coefficient (Wildman–Crippen LogP) is 4.41. The molecule has 0 heterocycles. The molecule has 0 aliphatic carbocycles. The van der Waals surface area contributed by atoms with E-state index in [1.165, 1.54) is 0 Å². The molecule has 0 unspecified atom stereocenters. The van der Waals surface area contributed by atoms with Gasteiger partial charge in [0.25, 0.3) is 0 Å². The topological polar surface area (TPSA) is 46.5 Å². The Kier molecular flexibility index (Phi) is 4.99. The summed E-state index contributed by atoms with van der Waals surface area (Å²) in [5, 5.41) is 9.47. The van der Waals surface area contributed by atoms with Crippen LogP contribution in [0.4, 0.5) is 0 Å². The van der Waals surface area contributed by atoms with E-state index >= 15 is 0 Å². The molecule has 0 saturated carbocycles. The Bertz CT molecular complexity index is 682. The lowest BCUT2D eigenvalue weighted by molar-refractivity contribution is -0.130. The van der Waals surface area contributed by atoms with Gasteiger partial charge in [0.05, 0.1) is 11.7 Å². The highest BCUT2D eigenvalue weighted by atomic mass is 16.5. The maximum atomic E-state index is 11.6. The predicted molar refractivity (Wildman–Crippen MR) is 88.9 cm³/mol. The molecule has 0 aliphatic heterocycles. The minimum Gasteiger partial charge on any atom is -0.491 e. The first kappa shape index (κ1) is 15.8. The zero-order valence-electron chi connectivity index (χ0n) is 13.0. The van der Waals surface area contributed by atoms with Crippen LogP contribution in [0.25, 0.3) is 11.6 Å². The van der Waals surface area contributed by atoms with Gasteiger partial charge >= 0.3 is 5.97 Å². The third-order valence-electron chi connectivity index (χ3n) is 3.13. The fourth-order valence-electron chi connectivity index (χ4n) is 2.12. The van der Waals surface area contributed by atoms with Crippen LogP contribution < -0.4 is 4.74 Å². The van der Waals surface area contributed by atoms with Gasteiger partial charge in [-0.1, -0.05) is 42.0 Å². The van der Waals surface area contributed by atoms with E-state index < -0.39 is 5.97 Å². The molecular weight excluding hydrogens is 276 g/mol. The zero-order valence-corrected chi connectivity index (χ0v) is 13.0. The van der Waals surface area contributed by atoms with Crippen molar-refractivity contribution in [3.8, 4) is 5.75 Å². The van der Waals surface area contributed by atoms with Crippen LogP contribution in [0, 0.1) is 6.92 Å². The summed E-state index contributed by atoms with van der Waals surface area (Å²) >= 11 is 0. The third kappa shape index (κ3) is 4.22. The highest BCUT2D eigenvalue weighted by Gasteiger charge is 2.10. The molecule has 2 aromatic rings. The molecule has 0 aromatic heterocycles. The number of carboxylic acid groups (broad SMARTS) is 1. The molecule has 1 N–H and O–H groups in total. The van der Waals surface area contributed by atoms with Crippen molar-refractivity contribution < 1.29 is 14.6 Å². The maximum Gasteiger partial charge on any atom is 0.336 e. The van der Waals surface area contributed by atoms with Crippen molar-refractivity contribution in [1.29, 1.82) is 0 Å². The molecule has 0 atom stereocenters. The van der Waals surface area contributed by atoms with E-state index in [4.69, 9.17) is 4.74 Å². The van der Waals surface area contributed by atoms with Crippen LogP contribution in [0.1, 0.15) is 30.5 Å². The van der Waals surface area contributed by atoms with E-state index in [2.05, 4.69) is 0 Å². The molecule has 0 aliphatic rings. The van der Waals surface area contributed by atoms with Gasteiger partial charge in [-0.3, -0.25) is 0 Å². The van der Waals surface area contributed by atoms with E-state index in [-0.39, 0.29) is 11.7 Å². The van der Waals surface area contributed by atoms with Crippen molar-refractivity contribution in [1.82, 2.24) is 0 Å². The van der Waals surface area contributed by atoms with E-state index in [0.29, 0.717) is 5.56 Å². The van der Waals surface area contributed by atoms with Crippen LogP contribution in [-0.2, 0) is 4.79 Å². The van der Waals surface area contributed by atoms with Crippen molar-refractivity contribution in [2.75, 3.05) is 0 Å². The average Bonchev–Trinajstić information content (AvgIpc) is 2.45. The number of hydrogen-bond donors (Lipinski definition) is 1. The second-order valence-electron chi connectivity index (χ2n) is 5.47. The fourth-order valence-corrected chi connectivity index (χ4v) is 2.12. The Hall–Kier alpha value is -2.55. The smallest absolute Gasteiger partial charge is 0.336 e. The van der Waals surface area contributed by atoms with E-state index in [0.717, 1.165) is 16.9 Å². The van der Waals surface area contributed by atoms with Crippen molar-refractivity contribution in [3.05, 3.63) is 65.2 Å². The first-order valence-corrected chi connectivity index (χ1v) is 7.24. The second kappa shape index (κ2) is 6.94. The Labute approximate surface area is 130 Å². The van der Waals surface area contributed by atoms with Gasteiger partial charge in [0.15, 0.2) is 0 Å². The van der Waals surface area contributed by atoms with Crippen LogP contribution in [0.5, 0.6) is 5.75 Å². The van der Waals surface area contributed by atoms with Gasteiger partial charge in [-0.15, -0.1) is 0 Å². The molecule has 3 nitrogen and oxygen atoms in total. The standard InChI is InChI=1S/C19H20O3/c1-13(2)22-17-6-4-5-15(11-17)12-18(19(20)21)16-9-7-14(3)8-10-16/h4-13H,1-3H3,(H,20,21)/b18-12-. The molecule has 3 heteroatoms. The number of rotatable bonds is 5. The van der Waals surface area contributed by atoms with Gasteiger partial charge in [-0.05, 0) is 50.1 Å². The second-order valence-corrected chi connectivity index (χ2v) is 5.47. The van der Waals surface area contributed by atoms with Crippen LogP contribution in [0.3, 0.4) is 0 Å². The largest absolute Gasteiger partial charge is 0.491 e. The number of benzene rings is 2. The molecule has 0 fully saturated rings. The van der Waals surface area contributed by atoms with Gasteiger partial charge in [0.1, 0.15) is 5.75 Å². The Morgan fingerprint density at radius 3 is 2.41 bits per heavy atom. The van der Waals surface area contributed by atoms with Gasteiger partial charge in [-0.2, -0.15) is 0 Å². The normalized spacial score (nSPS) is 11.5. The summed E-state index contributed by atoms with van der Waals surface area (Å²) in [7, 11) is 0. The highest BCUT2D eigenvalue weighted by molar-refractivity contribution is 6.20. The summed E-state index contributed by atoms with van der Waals surface area (Å²) in [6, 6.07) is 14.9. The number of hydrogen-bond acceptors (Lipinski definition) is 2. The Morgan fingerprint density at radius 1 is 1.14 bits per heavy atom. The maximum absolute atomic E-state index is 11.6. The van der Waals surface area contributed by atoms with Crippen molar-refractivity contribution >= 4 is 17.6 Å². The van der Waals surface area contributed by atoms with E-state index in [1.807, 2.05) is 69.3 Å². The van der Waals surface area contributed by atoms with Crippen LogP contribution in [-0.4, -0.2) is 17.2 Å². The van der Waals surface area contributed by atoms with Crippen LogP contribution >= 0.6 is 0 Å². The van der Waals surface area contributed by atoms with Crippen LogP contribution in [0.15, 0.2) is 48.5 Å². The molecule has 0 saturated heterocycles. The first-order chi connectivity index (χ1) is 10.5. The minimum absolute atomic E-state index is 0.0790. The summed E-state index contributed by atoms with van der Waals surface area (Å²) in [4.78, 5) is 11.6. The zero-order chi connectivity index (χ0) is 16.1. The number of ether oxygens (including phenoxy) is 1. The summed E-state index contributed by atoms with van der Waals surface area (Å²) in [5.74, 6) is -0.212. The minimum atomic E-state index is -0.945. The summed E-state index contributed by atoms with van der Waals surface area (Å²) in [6.45, 7) is 5.88. The van der Waals surface area contributed by atoms with Crippen molar-refractivity contribution in [2.24, 2.45) is 0 Å². The number of carbonyl (C=O) groups is 1. The first-order valence-electron chi connectivity index (χ1n) is 7.24. The number of aliphatic carboxylic acids is 1. The number of aryl methyl sites for hydroxylation is 1.